The van der Waals surface area contributed by atoms with Crippen molar-refractivity contribution in [3.8, 4) is 11.1 Å². The summed E-state index contributed by atoms with van der Waals surface area (Å²) in [6, 6.07) is 13.1. The standard InChI is InChI=1S/C23H26F3N3/c1-22(2,3)21-28-13-15-29(21)14-12-27-16-17-4-6-18(7-5-17)19-8-10-20(11-9-19)23(24,25)26/h4-11,13,15,27H,12,14,16H2,1-3H3. The fourth-order valence-corrected chi connectivity index (χ4v) is 3.23. The quantitative estimate of drug-likeness (QED) is 0.541. The molecule has 2 aromatic carbocycles. The van der Waals surface area contributed by atoms with E-state index >= 15 is 0 Å². The zero-order chi connectivity index (χ0) is 21.1. The summed E-state index contributed by atoms with van der Waals surface area (Å²) in [5.74, 6) is 1.07. The van der Waals surface area contributed by atoms with E-state index in [0.717, 1.165) is 54.3 Å². The number of imidazole rings is 1. The van der Waals surface area contributed by atoms with E-state index in [4.69, 9.17) is 0 Å². The molecule has 0 aliphatic heterocycles. The van der Waals surface area contributed by atoms with Gasteiger partial charge in [-0.3, -0.25) is 0 Å². The molecule has 1 N–H and O–H groups in total. The van der Waals surface area contributed by atoms with Gasteiger partial charge in [-0.1, -0.05) is 57.2 Å². The third-order valence-electron chi connectivity index (χ3n) is 4.74. The topological polar surface area (TPSA) is 29.9 Å². The van der Waals surface area contributed by atoms with Gasteiger partial charge in [0.15, 0.2) is 0 Å². The summed E-state index contributed by atoms with van der Waals surface area (Å²) in [5, 5.41) is 3.43. The van der Waals surface area contributed by atoms with Crippen LogP contribution < -0.4 is 5.32 Å². The molecule has 3 aromatic rings. The van der Waals surface area contributed by atoms with Crippen LogP contribution in [0.25, 0.3) is 11.1 Å². The van der Waals surface area contributed by atoms with Gasteiger partial charge in [-0.25, -0.2) is 4.98 Å². The van der Waals surface area contributed by atoms with Gasteiger partial charge in [0.05, 0.1) is 5.56 Å². The molecular weight excluding hydrogens is 375 g/mol. The normalized spacial score (nSPS) is 12.3. The van der Waals surface area contributed by atoms with Crippen molar-refractivity contribution >= 4 is 0 Å². The lowest BCUT2D eigenvalue weighted by atomic mass is 9.96. The van der Waals surface area contributed by atoms with Crippen LogP contribution in [0.3, 0.4) is 0 Å². The van der Waals surface area contributed by atoms with Crippen molar-refractivity contribution in [2.75, 3.05) is 6.54 Å². The molecule has 29 heavy (non-hydrogen) atoms. The van der Waals surface area contributed by atoms with Crippen molar-refractivity contribution in [2.45, 2.75) is 45.5 Å². The highest BCUT2D eigenvalue weighted by molar-refractivity contribution is 5.64. The predicted molar refractivity (Wildman–Crippen MR) is 110 cm³/mol. The van der Waals surface area contributed by atoms with E-state index in [1.807, 2.05) is 36.7 Å². The molecule has 0 atom stereocenters. The van der Waals surface area contributed by atoms with Crippen LogP contribution in [0.15, 0.2) is 60.9 Å². The number of hydrogen-bond acceptors (Lipinski definition) is 2. The fourth-order valence-electron chi connectivity index (χ4n) is 3.23. The minimum Gasteiger partial charge on any atom is -0.333 e. The van der Waals surface area contributed by atoms with E-state index < -0.39 is 11.7 Å². The molecule has 0 fully saturated rings. The zero-order valence-electron chi connectivity index (χ0n) is 16.9. The molecule has 1 aromatic heterocycles. The Kier molecular flexibility index (Phi) is 6.13. The average molecular weight is 401 g/mol. The highest BCUT2D eigenvalue weighted by Gasteiger charge is 2.29. The molecule has 154 valence electrons. The van der Waals surface area contributed by atoms with Crippen LogP contribution in [-0.4, -0.2) is 16.1 Å². The molecule has 0 amide bonds. The van der Waals surface area contributed by atoms with Crippen LogP contribution in [0.5, 0.6) is 0 Å². The molecule has 1 heterocycles. The summed E-state index contributed by atoms with van der Waals surface area (Å²) in [4.78, 5) is 4.45. The second kappa shape index (κ2) is 8.41. The lowest BCUT2D eigenvalue weighted by Crippen LogP contribution is -2.24. The first-order valence-corrected chi connectivity index (χ1v) is 9.63. The van der Waals surface area contributed by atoms with Gasteiger partial charge in [-0.15, -0.1) is 0 Å². The first-order valence-electron chi connectivity index (χ1n) is 9.63. The minimum absolute atomic E-state index is 0.0115. The molecule has 6 heteroatoms. The second-order valence-corrected chi connectivity index (χ2v) is 8.14. The van der Waals surface area contributed by atoms with E-state index in [0.29, 0.717) is 0 Å². The number of hydrogen-bond donors (Lipinski definition) is 1. The van der Waals surface area contributed by atoms with Gasteiger partial charge < -0.3 is 9.88 Å². The molecule has 3 rings (SSSR count). The van der Waals surface area contributed by atoms with E-state index in [1.54, 1.807) is 0 Å². The third-order valence-corrected chi connectivity index (χ3v) is 4.74. The molecular formula is C23H26F3N3. The minimum atomic E-state index is -4.31. The average Bonchev–Trinajstić information content (AvgIpc) is 3.14. The van der Waals surface area contributed by atoms with Crippen LogP contribution in [0.4, 0.5) is 13.2 Å². The summed E-state index contributed by atoms with van der Waals surface area (Å²) in [7, 11) is 0. The summed E-state index contributed by atoms with van der Waals surface area (Å²) < 4.78 is 40.2. The van der Waals surface area contributed by atoms with Gasteiger partial charge in [0.1, 0.15) is 5.82 Å². The highest BCUT2D eigenvalue weighted by Crippen LogP contribution is 2.31. The van der Waals surface area contributed by atoms with Gasteiger partial charge in [0, 0.05) is 37.4 Å². The Bertz CT molecular complexity index is 918. The summed E-state index contributed by atoms with van der Waals surface area (Å²) in [5.41, 5.74) is 2.18. The maximum atomic E-state index is 12.7. The van der Waals surface area contributed by atoms with E-state index in [1.165, 1.54) is 12.1 Å². The van der Waals surface area contributed by atoms with Crippen LogP contribution in [0, 0.1) is 0 Å². The Hall–Kier alpha value is -2.60. The van der Waals surface area contributed by atoms with Gasteiger partial charge in [-0.05, 0) is 28.8 Å². The molecule has 0 aliphatic rings. The van der Waals surface area contributed by atoms with Crippen molar-refractivity contribution < 1.29 is 13.2 Å². The zero-order valence-corrected chi connectivity index (χ0v) is 16.9. The van der Waals surface area contributed by atoms with Crippen molar-refractivity contribution in [1.82, 2.24) is 14.9 Å². The fraction of sp³-hybridized carbons (Fsp3) is 0.348. The molecule has 0 bridgehead atoms. The number of rotatable bonds is 6. The Balaban J connectivity index is 1.53. The van der Waals surface area contributed by atoms with Crippen molar-refractivity contribution in [1.29, 1.82) is 0 Å². The number of alkyl halides is 3. The second-order valence-electron chi connectivity index (χ2n) is 8.14. The molecule has 3 nitrogen and oxygen atoms in total. The Morgan fingerprint density at radius 2 is 1.48 bits per heavy atom. The lowest BCUT2D eigenvalue weighted by molar-refractivity contribution is -0.137. The third kappa shape index (κ3) is 5.48. The van der Waals surface area contributed by atoms with E-state index in [9.17, 15) is 13.2 Å². The largest absolute Gasteiger partial charge is 0.416 e. The summed E-state index contributed by atoms with van der Waals surface area (Å²) >= 11 is 0. The molecule has 0 aliphatic carbocycles. The smallest absolute Gasteiger partial charge is 0.333 e. The Labute approximate surface area is 169 Å². The van der Waals surface area contributed by atoms with Crippen LogP contribution in [0.1, 0.15) is 37.7 Å². The number of nitrogens with zero attached hydrogens (tertiary/aromatic N) is 2. The summed E-state index contributed by atoms with van der Waals surface area (Å²) in [6.07, 6.45) is -0.472. The van der Waals surface area contributed by atoms with Crippen LogP contribution in [0.2, 0.25) is 0 Å². The van der Waals surface area contributed by atoms with Crippen molar-refractivity contribution in [3.63, 3.8) is 0 Å². The SMILES string of the molecule is CC(C)(C)c1nccn1CCNCc1ccc(-c2ccc(C(F)(F)F)cc2)cc1. The lowest BCUT2D eigenvalue weighted by Gasteiger charge is -2.19. The predicted octanol–water partition coefficient (Wildman–Crippen LogP) is 5.66. The number of aromatic nitrogens is 2. The molecule has 0 spiro atoms. The number of nitrogens with one attached hydrogen (secondary N) is 1. The van der Waals surface area contributed by atoms with E-state index in [2.05, 4.69) is 35.6 Å². The number of benzene rings is 2. The molecule has 0 saturated carbocycles. The molecule has 0 radical (unpaired) electrons. The Morgan fingerprint density at radius 1 is 0.897 bits per heavy atom. The van der Waals surface area contributed by atoms with Crippen molar-refractivity contribution in [3.05, 3.63) is 77.9 Å². The maximum Gasteiger partial charge on any atom is 0.416 e. The summed E-state index contributed by atoms with van der Waals surface area (Å²) in [6.45, 7) is 8.84. The monoisotopic (exact) mass is 401 g/mol. The number of halogens is 3. The van der Waals surface area contributed by atoms with Crippen LogP contribution >= 0.6 is 0 Å². The van der Waals surface area contributed by atoms with Gasteiger partial charge in [0.25, 0.3) is 0 Å². The first-order chi connectivity index (χ1) is 13.6. The molecule has 0 saturated heterocycles. The van der Waals surface area contributed by atoms with E-state index in [-0.39, 0.29) is 5.41 Å². The van der Waals surface area contributed by atoms with Gasteiger partial charge in [0.2, 0.25) is 0 Å². The Morgan fingerprint density at radius 3 is 2.03 bits per heavy atom. The van der Waals surface area contributed by atoms with Gasteiger partial charge >= 0.3 is 6.18 Å². The molecule has 0 unspecified atom stereocenters. The van der Waals surface area contributed by atoms with Crippen molar-refractivity contribution in [2.24, 2.45) is 0 Å². The highest BCUT2D eigenvalue weighted by atomic mass is 19.4. The van der Waals surface area contributed by atoms with Gasteiger partial charge in [-0.2, -0.15) is 13.2 Å². The maximum absolute atomic E-state index is 12.7. The van der Waals surface area contributed by atoms with Crippen LogP contribution in [-0.2, 0) is 24.7 Å². The first kappa shape index (κ1) is 21.1.